The van der Waals surface area contributed by atoms with Gasteiger partial charge >= 0.3 is 0 Å². The smallest absolute Gasteiger partial charge is 0.0520 e. The van der Waals surface area contributed by atoms with E-state index in [9.17, 15) is 0 Å². The summed E-state index contributed by atoms with van der Waals surface area (Å²) in [5.41, 5.74) is 5.93. The van der Waals surface area contributed by atoms with Gasteiger partial charge in [0.25, 0.3) is 0 Å². The van der Waals surface area contributed by atoms with E-state index < -0.39 is 0 Å². The molecular formula is C12H26N2O. The van der Waals surface area contributed by atoms with Crippen molar-refractivity contribution in [2.75, 3.05) is 39.4 Å². The van der Waals surface area contributed by atoms with Gasteiger partial charge < -0.3 is 15.4 Å². The zero-order chi connectivity index (χ0) is 11.1. The Labute approximate surface area is 94.0 Å². The minimum absolute atomic E-state index is 0.412. The molecule has 0 amide bonds. The number of piperidine rings is 1. The number of nitrogens with two attached hydrogens (primary N) is 1. The van der Waals surface area contributed by atoms with E-state index in [2.05, 4.69) is 18.7 Å². The highest BCUT2D eigenvalue weighted by atomic mass is 16.5. The third kappa shape index (κ3) is 4.49. The standard InChI is InChI=1S/C12H26N2O/c1-3-15-11-12(2)5-9-14(10-6-12)8-4-7-13/h3-11,13H2,1-2H3. The van der Waals surface area contributed by atoms with Crippen LogP contribution >= 0.6 is 0 Å². The summed E-state index contributed by atoms with van der Waals surface area (Å²) >= 11 is 0. The van der Waals surface area contributed by atoms with Crippen LogP contribution in [0.1, 0.15) is 33.1 Å². The van der Waals surface area contributed by atoms with E-state index in [4.69, 9.17) is 10.5 Å². The van der Waals surface area contributed by atoms with Gasteiger partial charge in [-0.3, -0.25) is 0 Å². The summed E-state index contributed by atoms with van der Waals surface area (Å²) < 4.78 is 5.55. The Morgan fingerprint density at radius 1 is 1.33 bits per heavy atom. The van der Waals surface area contributed by atoms with Crippen LogP contribution in [-0.2, 0) is 4.74 Å². The third-order valence-electron chi connectivity index (χ3n) is 3.40. The van der Waals surface area contributed by atoms with Crippen LogP contribution in [-0.4, -0.2) is 44.3 Å². The van der Waals surface area contributed by atoms with Crippen molar-refractivity contribution in [2.45, 2.75) is 33.1 Å². The molecule has 0 spiro atoms. The number of ether oxygens (including phenoxy) is 1. The summed E-state index contributed by atoms with van der Waals surface area (Å²) in [5.74, 6) is 0. The summed E-state index contributed by atoms with van der Waals surface area (Å²) in [6.07, 6.45) is 3.65. The minimum atomic E-state index is 0.412. The summed E-state index contributed by atoms with van der Waals surface area (Å²) in [5, 5.41) is 0. The van der Waals surface area contributed by atoms with E-state index in [0.717, 1.165) is 26.2 Å². The SMILES string of the molecule is CCOCC1(C)CCN(CCCN)CC1. The summed E-state index contributed by atoms with van der Waals surface area (Å²) in [4.78, 5) is 2.53. The highest BCUT2D eigenvalue weighted by Gasteiger charge is 2.29. The van der Waals surface area contributed by atoms with Crippen LogP contribution in [0.2, 0.25) is 0 Å². The van der Waals surface area contributed by atoms with Gasteiger partial charge in [0.05, 0.1) is 6.61 Å². The second-order valence-electron chi connectivity index (χ2n) is 4.93. The average Bonchev–Trinajstić information content (AvgIpc) is 2.26. The molecular weight excluding hydrogens is 188 g/mol. The first kappa shape index (κ1) is 12.9. The van der Waals surface area contributed by atoms with Crippen molar-refractivity contribution in [1.29, 1.82) is 0 Å². The molecule has 90 valence electrons. The van der Waals surface area contributed by atoms with Gasteiger partial charge in [0.15, 0.2) is 0 Å². The summed E-state index contributed by atoms with van der Waals surface area (Å²) in [6.45, 7) is 10.6. The molecule has 3 heteroatoms. The zero-order valence-electron chi connectivity index (χ0n) is 10.3. The Bertz CT molecular complexity index is 165. The minimum Gasteiger partial charge on any atom is -0.381 e. The van der Waals surface area contributed by atoms with Gasteiger partial charge in [0.1, 0.15) is 0 Å². The van der Waals surface area contributed by atoms with Crippen molar-refractivity contribution in [3.8, 4) is 0 Å². The maximum absolute atomic E-state index is 5.55. The average molecular weight is 214 g/mol. The Kier molecular flexibility index (Phi) is 5.58. The topological polar surface area (TPSA) is 38.5 Å². The van der Waals surface area contributed by atoms with Gasteiger partial charge in [0.2, 0.25) is 0 Å². The van der Waals surface area contributed by atoms with E-state index in [1.54, 1.807) is 0 Å². The second kappa shape index (κ2) is 6.46. The molecule has 1 saturated heterocycles. The Morgan fingerprint density at radius 2 is 2.00 bits per heavy atom. The fourth-order valence-electron chi connectivity index (χ4n) is 2.12. The lowest BCUT2D eigenvalue weighted by Crippen LogP contribution is -2.41. The molecule has 2 N–H and O–H groups in total. The number of nitrogens with zero attached hydrogens (tertiary/aromatic N) is 1. The molecule has 3 nitrogen and oxygen atoms in total. The van der Waals surface area contributed by atoms with Gasteiger partial charge in [-0.15, -0.1) is 0 Å². The van der Waals surface area contributed by atoms with Crippen LogP contribution in [0.15, 0.2) is 0 Å². The Hall–Kier alpha value is -0.120. The first-order chi connectivity index (χ1) is 7.20. The molecule has 0 unspecified atom stereocenters. The molecule has 0 saturated carbocycles. The number of hydrogen-bond donors (Lipinski definition) is 1. The van der Waals surface area contributed by atoms with Crippen LogP contribution < -0.4 is 5.73 Å². The van der Waals surface area contributed by atoms with Gasteiger partial charge in [-0.1, -0.05) is 6.92 Å². The summed E-state index contributed by atoms with van der Waals surface area (Å²) in [7, 11) is 0. The molecule has 0 bridgehead atoms. The lowest BCUT2D eigenvalue weighted by atomic mass is 9.81. The van der Waals surface area contributed by atoms with Crippen LogP contribution in [0.5, 0.6) is 0 Å². The van der Waals surface area contributed by atoms with E-state index in [-0.39, 0.29) is 0 Å². The largest absolute Gasteiger partial charge is 0.381 e. The van der Waals surface area contributed by atoms with Crippen molar-refractivity contribution < 1.29 is 4.74 Å². The molecule has 1 aliphatic rings. The number of rotatable bonds is 6. The third-order valence-corrected chi connectivity index (χ3v) is 3.40. The number of likely N-dealkylation sites (tertiary alicyclic amines) is 1. The zero-order valence-corrected chi connectivity index (χ0v) is 10.3. The fraction of sp³-hybridized carbons (Fsp3) is 1.00. The molecule has 1 aliphatic heterocycles. The van der Waals surface area contributed by atoms with E-state index in [1.807, 2.05) is 0 Å². The first-order valence-corrected chi connectivity index (χ1v) is 6.20. The highest BCUT2D eigenvalue weighted by Crippen LogP contribution is 2.30. The Morgan fingerprint density at radius 3 is 2.53 bits per heavy atom. The summed E-state index contributed by atoms with van der Waals surface area (Å²) in [6, 6.07) is 0. The maximum atomic E-state index is 5.55. The normalized spacial score (nSPS) is 21.8. The van der Waals surface area contributed by atoms with Crippen molar-refractivity contribution >= 4 is 0 Å². The molecule has 0 aromatic carbocycles. The Balaban J connectivity index is 2.21. The van der Waals surface area contributed by atoms with Gasteiger partial charge in [-0.25, -0.2) is 0 Å². The van der Waals surface area contributed by atoms with E-state index >= 15 is 0 Å². The predicted molar refractivity (Wildman–Crippen MR) is 63.9 cm³/mol. The molecule has 0 atom stereocenters. The molecule has 1 heterocycles. The molecule has 0 aromatic heterocycles. The maximum Gasteiger partial charge on any atom is 0.0520 e. The highest BCUT2D eigenvalue weighted by molar-refractivity contribution is 4.82. The van der Waals surface area contributed by atoms with Crippen LogP contribution in [0.3, 0.4) is 0 Å². The van der Waals surface area contributed by atoms with Crippen LogP contribution in [0.25, 0.3) is 0 Å². The molecule has 0 aromatic rings. The lowest BCUT2D eigenvalue weighted by Gasteiger charge is -2.39. The molecule has 15 heavy (non-hydrogen) atoms. The molecule has 0 radical (unpaired) electrons. The first-order valence-electron chi connectivity index (χ1n) is 6.20. The van der Waals surface area contributed by atoms with Crippen molar-refractivity contribution in [2.24, 2.45) is 11.1 Å². The molecule has 0 aliphatic carbocycles. The van der Waals surface area contributed by atoms with Gasteiger partial charge in [-0.05, 0) is 57.8 Å². The molecule has 1 rings (SSSR count). The monoisotopic (exact) mass is 214 g/mol. The molecule has 1 fully saturated rings. The second-order valence-corrected chi connectivity index (χ2v) is 4.93. The van der Waals surface area contributed by atoms with Gasteiger partial charge in [0, 0.05) is 6.61 Å². The predicted octanol–water partition coefficient (Wildman–Crippen LogP) is 1.47. The fourth-order valence-corrected chi connectivity index (χ4v) is 2.12. The lowest BCUT2D eigenvalue weighted by molar-refractivity contribution is 0.0161. The van der Waals surface area contributed by atoms with E-state index in [0.29, 0.717) is 5.41 Å². The van der Waals surface area contributed by atoms with Gasteiger partial charge in [-0.2, -0.15) is 0 Å². The van der Waals surface area contributed by atoms with Crippen LogP contribution in [0.4, 0.5) is 0 Å². The van der Waals surface area contributed by atoms with E-state index in [1.165, 1.54) is 32.5 Å². The van der Waals surface area contributed by atoms with Crippen molar-refractivity contribution in [3.05, 3.63) is 0 Å². The quantitative estimate of drug-likeness (QED) is 0.728. The van der Waals surface area contributed by atoms with Crippen molar-refractivity contribution in [1.82, 2.24) is 4.90 Å². The van der Waals surface area contributed by atoms with Crippen molar-refractivity contribution in [3.63, 3.8) is 0 Å². The number of hydrogen-bond acceptors (Lipinski definition) is 3. The van der Waals surface area contributed by atoms with Crippen LogP contribution in [0, 0.1) is 5.41 Å².